The summed E-state index contributed by atoms with van der Waals surface area (Å²) in [5, 5.41) is 6.11. The minimum atomic E-state index is 0.0594. The Hall–Kier alpha value is -2.55. The van der Waals surface area contributed by atoms with Crippen LogP contribution in [0.1, 0.15) is 24.3 Å². The molecule has 2 aromatic heterocycles. The number of hydrogen-bond donors (Lipinski definition) is 0. The van der Waals surface area contributed by atoms with E-state index in [-0.39, 0.29) is 5.92 Å². The van der Waals surface area contributed by atoms with Gasteiger partial charge in [0.25, 0.3) is 0 Å². The van der Waals surface area contributed by atoms with Crippen molar-refractivity contribution >= 4 is 17.2 Å². The van der Waals surface area contributed by atoms with Crippen molar-refractivity contribution in [1.82, 2.24) is 24.8 Å². The van der Waals surface area contributed by atoms with Gasteiger partial charge in [0, 0.05) is 39.3 Å². The molecule has 1 atom stereocenters. The predicted molar refractivity (Wildman–Crippen MR) is 124 cm³/mol. The maximum absolute atomic E-state index is 13.2. The van der Waals surface area contributed by atoms with E-state index in [1.165, 1.54) is 5.56 Å². The molecule has 2 aliphatic rings. The van der Waals surface area contributed by atoms with E-state index in [1.807, 2.05) is 17.5 Å². The van der Waals surface area contributed by atoms with E-state index >= 15 is 0 Å². The summed E-state index contributed by atoms with van der Waals surface area (Å²) in [4.78, 5) is 25.5. The van der Waals surface area contributed by atoms with Crippen molar-refractivity contribution in [3.63, 3.8) is 0 Å². The van der Waals surface area contributed by atoms with Crippen molar-refractivity contribution in [3.05, 3.63) is 59.3 Å². The second-order valence-electron chi connectivity index (χ2n) is 8.65. The quantitative estimate of drug-likeness (QED) is 0.573. The van der Waals surface area contributed by atoms with Crippen molar-refractivity contribution in [2.24, 2.45) is 5.92 Å². The van der Waals surface area contributed by atoms with Crippen molar-refractivity contribution in [1.29, 1.82) is 0 Å². The van der Waals surface area contributed by atoms with E-state index in [0.717, 1.165) is 63.5 Å². The number of carbonyl (C=O) groups excluding carboxylic acids is 1. The lowest BCUT2D eigenvalue weighted by molar-refractivity contribution is -0.139. The molecule has 3 aromatic rings. The molecule has 0 saturated carbocycles. The second kappa shape index (κ2) is 9.94. The minimum Gasteiger partial charge on any atom is -0.340 e. The second-order valence-corrected chi connectivity index (χ2v) is 9.60. The van der Waals surface area contributed by atoms with Gasteiger partial charge in [-0.25, -0.2) is 0 Å². The first-order chi connectivity index (χ1) is 15.7. The highest BCUT2D eigenvalue weighted by atomic mass is 32.1. The van der Waals surface area contributed by atoms with E-state index in [1.54, 1.807) is 11.3 Å². The van der Waals surface area contributed by atoms with E-state index in [0.29, 0.717) is 24.2 Å². The summed E-state index contributed by atoms with van der Waals surface area (Å²) in [6.45, 7) is 6.79. The number of piperazine rings is 1. The smallest absolute Gasteiger partial charge is 0.241 e. The zero-order chi connectivity index (χ0) is 21.8. The van der Waals surface area contributed by atoms with E-state index in [4.69, 9.17) is 4.52 Å². The Morgan fingerprint density at radius 2 is 1.84 bits per heavy atom. The number of likely N-dealkylation sites (tertiary alicyclic amines) is 1. The normalized spacial score (nSPS) is 20.5. The van der Waals surface area contributed by atoms with Gasteiger partial charge in [0.05, 0.1) is 17.3 Å². The fourth-order valence-corrected chi connectivity index (χ4v) is 5.29. The third kappa shape index (κ3) is 5.09. The number of thiophene rings is 1. The molecule has 2 saturated heterocycles. The van der Waals surface area contributed by atoms with Crippen LogP contribution in [0.15, 0.2) is 52.4 Å². The summed E-state index contributed by atoms with van der Waals surface area (Å²) >= 11 is 1.60. The summed E-state index contributed by atoms with van der Waals surface area (Å²) in [5.74, 6) is 1.63. The topological polar surface area (TPSA) is 65.7 Å². The maximum Gasteiger partial charge on any atom is 0.241 e. The molecular weight excluding hydrogens is 422 g/mol. The molecule has 0 spiro atoms. The zero-order valence-corrected chi connectivity index (χ0v) is 19.0. The molecule has 32 heavy (non-hydrogen) atoms. The first-order valence-electron chi connectivity index (χ1n) is 11.4. The van der Waals surface area contributed by atoms with Gasteiger partial charge in [0.2, 0.25) is 17.6 Å². The summed E-state index contributed by atoms with van der Waals surface area (Å²) in [5.41, 5.74) is 1.33. The summed E-state index contributed by atoms with van der Waals surface area (Å²) in [6.07, 6.45) is 1.99. The molecule has 0 N–H and O–H groups in total. The molecule has 1 aromatic carbocycles. The van der Waals surface area contributed by atoms with Crippen molar-refractivity contribution in [2.45, 2.75) is 25.9 Å². The van der Waals surface area contributed by atoms with Crippen LogP contribution in [0.3, 0.4) is 0 Å². The van der Waals surface area contributed by atoms with Gasteiger partial charge in [0.15, 0.2) is 0 Å². The fraction of sp³-hybridized carbons (Fsp3) is 0.458. The summed E-state index contributed by atoms with van der Waals surface area (Å²) < 4.78 is 5.47. The Balaban J connectivity index is 1.12. The highest BCUT2D eigenvalue weighted by Gasteiger charge is 2.31. The summed E-state index contributed by atoms with van der Waals surface area (Å²) in [7, 11) is 0. The van der Waals surface area contributed by atoms with Gasteiger partial charge >= 0.3 is 0 Å². The van der Waals surface area contributed by atoms with Gasteiger partial charge in [-0.2, -0.15) is 4.98 Å². The van der Waals surface area contributed by atoms with Crippen LogP contribution in [0, 0.1) is 5.92 Å². The highest BCUT2D eigenvalue weighted by molar-refractivity contribution is 7.13. The number of hydrogen-bond acceptors (Lipinski definition) is 7. The van der Waals surface area contributed by atoms with Gasteiger partial charge in [-0.1, -0.05) is 41.6 Å². The van der Waals surface area contributed by atoms with Crippen LogP contribution in [0.4, 0.5) is 0 Å². The molecular formula is C24H29N5O2S. The van der Waals surface area contributed by atoms with Crippen molar-refractivity contribution in [3.8, 4) is 10.7 Å². The Bertz CT molecular complexity index is 999. The number of nitrogens with zero attached hydrogens (tertiary/aromatic N) is 5. The molecule has 168 valence electrons. The Morgan fingerprint density at radius 3 is 2.62 bits per heavy atom. The van der Waals surface area contributed by atoms with Gasteiger partial charge in [-0.3, -0.25) is 14.6 Å². The SMILES string of the molecule is O=C(C1CCCN(Cc2nc(-c3cccs3)no2)C1)N1CCN(Cc2ccccc2)CC1. The third-order valence-corrected chi connectivity index (χ3v) is 7.22. The molecule has 2 fully saturated rings. The number of piperidine rings is 1. The monoisotopic (exact) mass is 451 g/mol. The number of carbonyl (C=O) groups is 1. The molecule has 0 bridgehead atoms. The molecule has 7 nitrogen and oxygen atoms in total. The number of benzene rings is 1. The lowest BCUT2D eigenvalue weighted by Crippen LogP contribution is -2.52. The summed E-state index contributed by atoms with van der Waals surface area (Å²) in [6, 6.07) is 14.5. The van der Waals surface area contributed by atoms with Crippen LogP contribution in [0.5, 0.6) is 0 Å². The fourth-order valence-electron chi connectivity index (χ4n) is 4.64. The molecule has 1 unspecified atom stereocenters. The predicted octanol–water partition coefficient (Wildman–Crippen LogP) is 3.35. The third-order valence-electron chi connectivity index (χ3n) is 6.36. The molecule has 0 radical (unpaired) electrons. The van der Waals surface area contributed by atoms with E-state index < -0.39 is 0 Å². The molecule has 1 amide bonds. The molecule has 2 aliphatic heterocycles. The molecule has 0 aliphatic carbocycles. The van der Waals surface area contributed by atoms with Crippen LogP contribution < -0.4 is 0 Å². The van der Waals surface area contributed by atoms with Crippen molar-refractivity contribution in [2.75, 3.05) is 39.3 Å². The average Bonchev–Trinajstić information content (AvgIpc) is 3.52. The number of rotatable bonds is 6. The first kappa shape index (κ1) is 21.3. The van der Waals surface area contributed by atoms with E-state index in [2.05, 4.69) is 55.2 Å². The minimum absolute atomic E-state index is 0.0594. The molecule has 8 heteroatoms. The van der Waals surface area contributed by atoms with Crippen LogP contribution >= 0.6 is 11.3 Å². The van der Waals surface area contributed by atoms with Gasteiger partial charge < -0.3 is 9.42 Å². The average molecular weight is 452 g/mol. The van der Waals surface area contributed by atoms with Crippen LogP contribution in [-0.4, -0.2) is 70.0 Å². The lowest BCUT2D eigenvalue weighted by atomic mass is 9.96. The Kier molecular flexibility index (Phi) is 6.61. The van der Waals surface area contributed by atoms with Gasteiger partial charge in [-0.15, -0.1) is 11.3 Å². The molecule has 4 heterocycles. The van der Waals surface area contributed by atoms with Crippen LogP contribution in [0.25, 0.3) is 10.7 Å². The van der Waals surface area contributed by atoms with Gasteiger partial charge in [0.1, 0.15) is 0 Å². The van der Waals surface area contributed by atoms with E-state index in [9.17, 15) is 4.79 Å². The van der Waals surface area contributed by atoms with Crippen LogP contribution in [0.2, 0.25) is 0 Å². The number of aromatic nitrogens is 2. The van der Waals surface area contributed by atoms with Gasteiger partial charge in [-0.05, 0) is 36.4 Å². The largest absolute Gasteiger partial charge is 0.340 e. The number of amides is 1. The van der Waals surface area contributed by atoms with Crippen LogP contribution in [-0.2, 0) is 17.9 Å². The lowest BCUT2D eigenvalue weighted by Gasteiger charge is -2.38. The Labute approximate surface area is 192 Å². The van der Waals surface area contributed by atoms with Crippen molar-refractivity contribution < 1.29 is 9.32 Å². The first-order valence-corrected chi connectivity index (χ1v) is 12.3. The zero-order valence-electron chi connectivity index (χ0n) is 18.2. The standard InChI is InChI=1S/C24H29N5O2S/c30-24(29-13-11-27(12-14-29)16-19-6-2-1-3-7-19)20-8-4-10-28(17-20)18-22-25-23(26-31-22)21-9-5-15-32-21/h1-3,5-7,9,15,20H,4,8,10-14,16-18H2. The Morgan fingerprint density at radius 1 is 1.00 bits per heavy atom. The highest BCUT2D eigenvalue weighted by Crippen LogP contribution is 2.24. The maximum atomic E-state index is 13.2. The molecule has 5 rings (SSSR count).